The highest BCUT2D eigenvalue weighted by Gasteiger charge is 2.09. The lowest BCUT2D eigenvalue weighted by Crippen LogP contribution is -2.32. The van der Waals surface area contributed by atoms with Crippen molar-refractivity contribution in [1.82, 2.24) is 5.32 Å². The van der Waals surface area contributed by atoms with Crippen molar-refractivity contribution < 1.29 is 9.90 Å². The zero-order valence-corrected chi connectivity index (χ0v) is 12.3. The summed E-state index contributed by atoms with van der Waals surface area (Å²) in [6.07, 6.45) is 2.21. The average Bonchev–Trinajstić information content (AvgIpc) is 2.50. The van der Waals surface area contributed by atoms with Gasteiger partial charge in [-0.2, -0.15) is 11.8 Å². The summed E-state index contributed by atoms with van der Waals surface area (Å²) in [5, 5.41) is 14.7. The fraction of sp³-hybridized carbons (Fsp3) is 0.312. The molecule has 3 nitrogen and oxygen atoms in total. The van der Waals surface area contributed by atoms with Crippen LogP contribution in [0, 0.1) is 0 Å². The standard InChI is InChI=1S/C16H19NO2S/c1-20-9-8-15(18)11-17-16(19)14-7-6-12-4-2-3-5-13(12)10-14/h2-7,10,15,18H,8-9,11H2,1H3,(H,17,19). The molecule has 1 amide bonds. The Morgan fingerprint density at radius 1 is 1.25 bits per heavy atom. The molecule has 0 saturated carbocycles. The lowest BCUT2D eigenvalue weighted by Gasteiger charge is -2.11. The van der Waals surface area contributed by atoms with Crippen LogP contribution in [0.25, 0.3) is 10.8 Å². The number of hydrogen-bond donors (Lipinski definition) is 2. The van der Waals surface area contributed by atoms with Gasteiger partial charge in [-0.3, -0.25) is 4.79 Å². The van der Waals surface area contributed by atoms with Crippen LogP contribution >= 0.6 is 11.8 Å². The number of aliphatic hydroxyl groups excluding tert-OH is 1. The second-order valence-corrected chi connectivity index (χ2v) is 5.69. The maximum Gasteiger partial charge on any atom is 0.251 e. The van der Waals surface area contributed by atoms with Crippen LogP contribution in [0.1, 0.15) is 16.8 Å². The summed E-state index contributed by atoms with van der Waals surface area (Å²) in [5.41, 5.74) is 0.626. The van der Waals surface area contributed by atoms with Crippen molar-refractivity contribution in [3.8, 4) is 0 Å². The van der Waals surface area contributed by atoms with Gasteiger partial charge in [0.25, 0.3) is 5.91 Å². The molecule has 1 atom stereocenters. The number of hydrogen-bond acceptors (Lipinski definition) is 3. The molecule has 2 N–H and O–H groups in total. The highest BCUT2D eigenvalue weighted by Crippen LogP contribution is 2.15. The number of carbonyl (C=O) groups excluding carboxylic acids is 1. The van der Waals surface area contributed by atoms with Gasteiger partial charge in [-0.25, -0.2) is 0 Å². The third-order valence-corrected chi connectivity index (χ3v) is 3.81. The second-order valence-electron chi connectivity index (χ2n) is 4.71. The predicted molar refractivity (Wildman–Crippen MR) is 85.3 cm³/mol. The summed E-state index contributed by atoms with van der Waals surface area (Å²) in [5.74, 6) is 0.756. The van der Waals surface area contributed by atoms with Gasteiger partial charge in [-0.15, -0.1) is 0 Å². The fourth-order valence-electron chi connectivity index (χ4n) is 2.00. The number of benzene rings is 2. The van der Waals surface area contributed by atoms with Crippen molar-refractivity contribution in [1.29, 1.82) is 0 Å². The Labute approximate surface area is 123 Å². The normalized spacial score (nSPS) is 12.3. The van der Waals surface area contributed by atoms with Crippen molar-refractivity contribution in [2.45, 2.75) is 12.5 Å². The zero-order chi connectivity index (χ0) is 14.4. The predicted octanol–water partition coefficient (Wildman–Crippen LogP) is 2.68. The fourth-order valence-corrected chi connectivity index (χ4v) is 2.51. The highest BCUT2D eigenvalue weighted by molar-refractivity contribution is 7.98. The number of thioether (sulfide) groups is 1. The minimum Gasteiger partial charge on any atom is -0.391 e. The van der Waals surface area contributed by atoms with Crippen LogP contribution in [-0.2, 0) is 0 Å². The maximum absolute atomic E-state index is 12.0. The molecule has 20 heavy (non-hydrogen) atoms. The molecule has 0 fully saturated rings. The van der Waals surface area contributed by atoms with Crippen LogP contribution in [-0.4, -0.2) is 35.7 Å². The largest absolute Gasteiger partial charge is 0.391 e. The highest BCUT2D eigenvalue weighted by atomic mass is 32.2. The van der Waals surface area contributed by atoms with Gasteiger partial charge >= 0.3 is 0 Å². The second kappa shape index (κ2) is 7.31. The Balaban J connectivity index is 1.97. The molecule has 2 aromatic rings. The van der Waals surface area contributed by atoms with E-state index in [2.05, 4.69) is 5.32 Å². The molecule has 2 rings (SSSR count). The molecule has 4 heteroatoms. The maximum atomic E-state index is 12.0. The van der Waals surface area contributed by atoms with Crippen LogP contribution < -0.4 is 5.32 Å². The van der Waals surface area contributed by atoms with Crippen molar-refractivity contribution in [3.05, 3.63) is 48.0 Å². The van der Waals surface area contributed by atoms with E-state index in [4.69, 9.17) is 0 Å². The van der Waals surface area contributed by atoms with E-state index in [0.29, 0.717) is 18.5 Å². The van der Waals surface area contributed by atoms with Gasteiger partial charge in [0.1, 0.15) is 0 Å². The van der Waals surface area contributed by atoms with Gasteiger partial charge < -0.3 is 10.4 Å². The van der Waals surface area contributed by atoms with Crippen LogP contribution in [0.2, 0.25) is 0 Å². The monoisotopic (exact) mass is 289 g/mol. The summed E-state index contributed by atoms with van der Waals surface area (Å²) in [4.78, 5) is 12.0. The topological polar surface area (TPSA) is 49.3 Å². The number of amides is 1. The first-order valence-electron chi connectivity index (χ1n) is 6.64. The van der Waals surface area contributed by atoms with Gasteiger partial charge in [-0.05, 0) is 41.3 Å². The molecule has 106 valence electrons. The van der Waals surface area contributed by atoms with Crippen molar-refractivity contribution in [2.75, 3.05) is 18.6 Å². The number of aliphatic hydroxyl groups is 1. The SMILES string of the molecule is CSCCC(O)CNC(=O)c1ccc2ccccc2c1. The van der Waals surface area contributed by atoms with Crippen molar-refractivity contribution >= 4 is 28.4 Å². The Kier molecular flexibility index (Phi) is 5.44. The van der Waals surface area contributed by atoms with E-state index in [0.717, 1.165) is 16.5 Å². The molecular weight excluding hydrogens is 270 g/mol. The van der Waals surface area contributed by atoms with Crippen LogP contribution in [0.5, 0.6) is 0 Å². The number of nitrogens with one attached hydrogen (secondary N) is 1. The first-order chi connectivity index (χ1) is 9.70. The van der Waals surface area contributed by atoms with Gasteiger partial charge in [0.05, 0.1) is 6.10 Å². The third-order valence-electron chi connectivity index (χ3n) is 3.17. The minimum atomic E-state index is -0.480. The van der Waals surface area contributed by atoms with Gasteiger partial charge in [0.15, 0.2) is 0 Å². The Morgan fingerprint density at radius 3 is 2.75 bits per heavy atom. The van der Waals surface area contributed by atoms with E-state index in [1.807, 2.05) is 48.7 Å². The molecule has 2 aromatic carbocycles. The summed E-state index contributed by atoms with van der Waals surface area (Å²) in [6, 6.07) is 13.6. The minimum absolute atomic E-state index is 0.140. The third kappa shape index (κ3) is 3.99. The summed E-state index contributed by atoms with van der Waals surface area (Å²) >= 11 is 1.69. The van der Waals surface area contributed by atoms with Crippen LogP contribution in [0.3, 0.4) is 0 Å². The molecule has 0 aromatic heterocycles. The lowest BCUT2D eigenvalue weighted by atomic mass is 10.1. The Bertz CT molecular complexity index is 585. The molecule has 0 radical (unpaired) electrons. The molecule has 0 heterocycles. The van der Waals surface area contributed by atoms with E-state index in [1.165, 1.54) is 0 Å². The van der Waals surface area contributed by atoms with Gasteiger partial charge in [0.2, 0.25) is 0 Å². The Hall–Kier alpha value is -1.52. The summed E-state index contributed by atoms with van der Waals surface area (Å²) in [6.45, 7) is 0.298. The number of fused-ring (bicyclic) bond motifs is 1. The van der Waals surface area contributed by atoms with Crippen molar-refractivity contribution in [3.63, 3.8) is 0 Å². The zero-order valence-electron chi connectivity index (χ0n) is 11.5. The molecule has 0 aliphatic carbocycles. The van der Waals surface area contributed by atoms with E-state index in [-0.39, 0.29) is 5.91 Å². The van der Waals surface area contributed by atoms with E-state index in [1.54, 1.807) is 11.8 Å². The first-order valence-corrected chi connectivity index (χ1v) is 8.04. The summed E-state index contributed by atoms with van der Waals surface area (Å²) in [7, 11) is 0. The number of carbonyl (C=O) groups is 1. The smallest absolute Gasteiger partial charge is 0.251 e. The lowest BCUT2D eigenvalue weighted by molar-refractivity contribution is 0.0914. The molecule has 0 aliphatic heterocycles. The average molecular weight is 289 g/mol. The molecular formula is C16H19NO2S. The van der Waals surface area contributed by atoms with E-state index < -0.39 is 6.10 Å². The molecule has 1 unspecified atom stereocenters. The molecule has 0 aliphatic rings. The van der Waals surface area contributed by atoms with Crippen molar-refractivity contribution in [2.24, 2.45) is 0 Å². The molecule has 0 spiro atoms. The quantitative estimate of drug-likeness (QED) is 0.859. The van der Waals surface area contributed by atoms with Crippen LogP contribution in [0.15, 0.2) is 42.5 Å². The molecule has 0 bridgehead atoms. The van der Waals surface area contributed by atoms with Gasteiger partial charge in [0, 0.05) is 12.1 Å². The summed E-state index contributed by atoms with van der Waals surface area (Å²) < 4.78 is 0. The van der Waals surface area contributed by atoms with Crippen LogP contribution in [0.4, 0.5) is 0 Å². The number of rotatable bonds is 6. The van der Waals surface area contributed by atoms with E-state index in [9.17, 15) is 9.90 Å². The van der Waals surface area contributed by atoms with E-state index >= 15 is 0 Å². The Morgan fingerprint density at radius 2 is 2.00 bits per heavy atom. The van der Waals surface area contributed by atoms with Gasteiger partial charge in [-0.1, -0.05) is 30.3 Å². The first kappa shape index (κ1) is 14.9. The molecule has 0 saturated heterocycles.